The summed E-state index contributed by atoms with van der Waals surface area (Å²) >= 11 is 0. The monoisotopic (exact) mass is 459 g/mol. The Morgan fingerprint density at radius 3 is 2.59 bits per heavy atom. The van der Waals surface area contributed by atoms with Crippen molar-refractivity contribution in [1.29, 1.82) is 0 Å². The zero-order valence-corrected chi connectivity index (χ0v) is 19.0. The Kier molecular flexibility index (Phi) is 7.30. The molecule has 0 atom stereocenters. The number of benzene rings is 1. The van der Waals surface area contributed by atoms with Crippen LogP contribution in [0.5, 0.6) is 0 Å². The van der Waals surface area contributed by atoms with Crippen LogP contribution in [0.4, 0.5) is 5.82 Å². The number of aryl methyl sites for hydroxylation is 1. The second-order valence-electron chi connectivity index (χ2n) is 7.80. The zero-order chi connectivity index (χ0) is 22.4. The Balaban J connectivity index is 1.30. The molecule has 10 nitrogen and oxygen atoms in total. The molecular formula is C21H29N7O3S. The van der Waals surface area contributed by atoms with Crippen LogP contribution in [0.25, 0.3) is 5.65 Å². The van der Waals surface area contributed by atoms with Gasteiger partial charge in [-0.15, -0.1) is 15.3 Å². The lowest BCUT2D eigenvalue weighted by Gasteiger charge is -2.26. The number of sulfonamides is 1. The largest absolute Gasteiger partial charge is 0.379 e. The maximum Gasteiger partial charge on any atom is 0.240 e. The van der Waals surface area contributed by atoms with Crippen molar-refractivity contribution in [3.63, 3.8) is 0 Å². The highest BCUT2D eigenvalue weighted by molar-refractivity contribution is 7.89. The van der Waals surface area contributed by atoms with Crippen molar-refractivity contribution >= 4 is 21.5 Å². The predicted octanol–water partition coefficient (Wildman–Crippen LogP) is 1.09. The van der Waals surface area contributed by atoms with Gasteiger partial charge >= 0.3 is 0 Å². The first-order chi connectivity index (χ1) is 15.5. The normalized spacial score (nSPS) is 15.3. The molecule has 0 aliphatic carbocycles. The number of aromatic nitrogens is 4. The quantitative estimate of drug-likeness (QED) is 0.433. The molecule has 0 saturated carbocycles. The van der Waals surface area contributed by atoms with Gasteiger partial charge in [0.1, 0.15) is 5.82 Å². The van der Waals surface area contributed by atoms with Gasteiger partial charge in [0.05, 0.1) is 18.1 Å². The molecule has 1 saturated heterocycles. The standard InChI is InChI=1S/C21H29N7O3S/c1-17-3-5-18(6-4-17)32(29,30)23-11-9-21-25-24-20-8-7-19(26-28(20)21)22-10-2-12-27-13-15-31-16-14-27/h3-8,23H,2,9-16H2,1H3,(H,22,26). The molecule has 4 rings (SSSR count). The van der Waals surface area contributed by atoms with Crippen LogP contribution in [0.1, 0.15) is 17.8 Å². The first kappa shape index (κ1) is 22.6. The number of anilines is 1. The van der Waals surface area contributed by atoms with E-state index in [1.54, 1.807) is 28.8 Å². The predicted molar refractivity (Wildman–Crippen MR) is 121 cm³/mol. The van der Waals surface area contributed by atoms with E-state index in [1.165, 1.54) is 0 Å². The van der Waals surface area contributed by atoms with E-state index in [9.17, 15) is 8.42 Å². The highest BCUT2D eigenvalue weighted by atomic mass is 32.2. The van der Waals surface area contributed by atoms with Crippen LogP contribution in [0, 0.1) is 6.92 Å². The van der Waals surface area contributed by atoms with Crippen molar-refractivity contribution in [2.75, 3.05) is 51.3 Å². The SMILES string of the molecule is Cc1ccc(S(=O)(=O)NCCc2nnc3ccc(NCCCN4CCOCC4)nn23)cc1. The lowest BCUT2D eigenvalue weighted by Crippen LogP contribution is -2.37. The van der Waals surface area contributed by atoms with E-state index >= 15 is 0 Å². The zero-order valence-electron chi connectivity index (χ0n) is 18.2. The second kappa shape index (κ2) is 10.3. The van der Waals surface area contributed by atoms with Crippen molar-refractivity contribution in [3.8, 4) is 0 Å². The molecule has 11 heteroatoms. The highest BCUT2D eigenvalue weighted by Crippen LogP contribution is 2.11. The van der Waals surface area contributed by atoms with Gasteiger partial charge in [0.15, 0.2) is 11.5 Å². The van der Waals surface area contributed by atoms with Crippen LogP contribution in [0.15, 0.2) is 41.3 Å². The van der Waals surface area contributed by atoms with Gasteiger partial charge < -0.3 is 10.1 Å². The Labute approximate surface area is 188 Å². The Hall–Kier alpha value is -2.60. The van der Waals surface area contributed by atoms with Crippen molar-refractivity contribution in [1.82, 2.24) is 29.4 Å². The summed E-state index contributed by atoms with van der Waals surface area (Å²) in [6, 6.07) is 10.5. The molecular weight excluding hydrogens is 430 g/mol. The van der Waals surface area contributed by atoms with Crippen LogP contribution >= 0.6 is 0 Å². The van der Waals surface area contributed by atoms with Crippen molar-refractivity contribution < 1.29 is 13.2 Å². The van der Waals surface area contributed by atoms with Gasteiger partial charge in [0, 0.05) is 32.6 Å². The highest BCUT2D eigenvalue weighted by Gasteiger charge is 2.15. The molecule has 0 spiro atoms. The Morgan fingerprint density at radius 2 is 1.81 bits per heavy atom. The van der Waals surface area contributed by atoms with E-state index in [2.05, 4.69) is 30.2 Å². The maximum absolute atomic E-state index is 12.5. The van der Waals surface area contributed by atoms with E-state index in [-0.39, 0.29) is 11.4 Å². The molecule has 0 radical (unpaired) electrons. The molecule has 32 heavy (non-hydrogen) atoms. The van der Waals surface area contributed by atoms with Crippen LogP contribution in [0.3, 0.4) is 0 Å². The fraction of sp³-hybridized carbons (Fsp3) is 0.476. The third-order valence-corrected chi connectivity index (χ3v) is 6.84. The number of ether oxygens (including phenoxy) is 1. The lowest BCUT2D eigenvalue weighted by atomic mass is 10.2. The minimum absolute atomic E-state index is 0.204. The fourth-order valence-electron chi connectivity index (χ4n) is 3.53. The summed E-state index contributed by atoms with van der Waals surface area (Å²) in [6.07, 6.45) is 1.38. The van der Waals surface area contributed by atoms with E-state index < -0.39 is 10.0 Å². The average molecular weight is 460 g/mol. The molecule has 2 aromatic heterocycles. The Bertz CT molecular complexity index is 1130. The van der Waals surface area contributed by atoms with E-state index in [4.69, 9.17) is 4.74 Å². The molecule has 0 amide bonds. The maximum atomic E-state index is 12.5. The molecule has 0 bridgehead atoms. The number of morpholine rings is 1. The van der Waals surface area contributed by atoms with Crippen molar-refractivity contribution in [2.24, 2.45) is 0 Å². The first-order valence-electron chi connectivity index (χ1n) is 10.8. The minimum Gasteiger partial charge on any atom is -0.379 e. The molecule has 1 fully saturated rings. The van der Waals surface area contributed by atoms with Crippen LogP contribution in [-0.4, -0.2) is 79.1 Å². The number of nitrogens with zero attached hydrogens (tertiary/aromatic N) is 5. The second-order valence-corrected chi connectivity index (χ2v) is 9.57. The summed E-state index contributed by atoms with van der Waals surface area (Å²) < 4.78 is 34.6. The van der Waals surface area contributed by atoms with Gasteiger partial charge in [-0.3, -0.25) is 4.90 Å². The van der Waals surface area contributed by atoms with Gasteiger partial charge in [-0.25, -0.2) is 13.1 Å². The van der Waals surface area contributed by atoms with E-state index in [1.807, 2.05) is 19.1 Å². The molecule has 0 unspecified atom stereocenters. The number of nitrogens with one attached hydrogen (secondary N) is 2. The van der Waals surface area contributed by atoms with Gasteiger partial charge in [-0.1, -0.05) is 17.7 Å². The number of hydrogen-bond donors (Lipinski definition) is 2. The molecule has 2 N–H and O–H groups in total. The molecule has 1 aliphatic heterocycles. The summed E-state index contributed by atoms with van der Waals surface area (Å²) in [5, 5.41) is 16.2. The summed E-state index contributed by atoms with van der Waals surface area (Å²) in [6.45, 7) is 7.55. The molecule has 3 heterocycles. The molecule has 3 aromatic rings. The van der Waals surface area contributed by atoms with E-state index in [0.29, 0.717) is 17.9 Å². The van der Waals surface area contributed by atoms with Gasteiger partial charge in [-0.05, 0) is 44.2 Å². The van der Waals surface area contributed by atoms with Crippen LogP contribution < -0.4 is 10.0 Å². The third-order valence-electron chi connectivity index (χ3n) is 5.36. The number of hydrogen-bond acceptors (Lipinski definition) is 8. The smallest absolute Gasteiger partial charge is 0.240 e. The summed E-state index contributed by atoms with van der Waals surface area (Å²) in [4.78, 5) is 2.65. The summed E-state index contributed by atoms with van der Waals surface area (Å²) in [7, 11) is -3.57. The molecule has 1 aromatic carbocycles. The van der Waals surface area contributed by atoms with Gasteiger partial charge in [0.2, 0.25) is 10.0 Å². The molecule has 1 aliphatic rings. The lowest BCUT2D eigenvalue weighted by molar-refractivity contribution is 0.0378. The van der Waals surface area contributed by atoms with Crippen molar-refractivity contribution in [2.45, 2.75) is 24.7 Å². The van der Waals surface area contributed by atoms with Gasteiger partial charge in [0.25, 0.3) is 0 Å². The topological polar surface area (TPSA) is 114 Å². The number of rotatable bonds is 10. The van der Waals surface area contributed by atoms with Crippen LogP contribution in [0.2, 0.25) is 0 Å². The minimum atomic E-state index is -3.57. The van der Waals surface area contributed by atoms with Crippen LogP contribution in [-0.2, 0) is 21.2 Å². The first-order valence-corrected chi connectivity index (χ1v) is 12.3. The fourth-order valence-corrected chi connectivity index (χ4v) is 4.56. The van der Waals surface area contributed by atoms with E-state index in [0.717, 1.165) is 57.2 Å². The third kappa shape index (κ3) is 5.80. The van der Waals surface area contributed by atoms with Crippen molar-refractivity contribution in [3.05, 3.63) is 47.8 Å². The Morgan fingerprint density at radius 1 is 1.03 bits per heavy atom. The molecule has 172 valence electrons. The summed E-state index contributed by atoms with van der Waals surface area (Å²) in [5.41, 5.74) is 1.63. The average Bonchev–Trinajstić information content (AvgIpc) is 3.20. The summed E-state index contributed by atoms with van der Waals surface area (Å²) in [5.74, 6) is 1.34. The number of fused-ring (bicyclic) bond motifs is 1. The van der Waals surface area contributed by atoms with Gasteiger partial charge in [-0.2, -0.15) is 4.52 Å².